The number of carbonyl (C=O) groups is 2. The Morgan fingerprint density at radius 1 is 0.917 bits per heavy atom. The van der Waals surface area contributed by atoms with Crippen LogP contribution in [0.5, 0.6) is 0 Å². The molecule has 0 radical (unpaired) electrons. The van der Waals surface area contributed by atoms with Crippen molar-refractivity contribution in [1.82, 2.24) is 9.80 Å². The monoisotopic (exact) mass is 337 g/mol. The average Bonchev–Trinajstić information content (AvgIpc) is 2.58. The van der Waals surface area contributed by atoms with Gasteiger partial charge in [-0.1, -0.05) is 30.3 Å². The summed E-state index contributed by atoms with van der Waals surface area (Å²) in [7, 11) is 0. The number of aliphatic carboxylic acids is 2. The summed E-state index contributed by atoms with van der Waals surface area (Å²) < 4.78 is 0. The van der Waals surface area contributed by atoms with Crippen molar-refractivity contribution in [2.45, 2.75) is 12.8 Å². The second kappa shape index (κ2) is 11.6. The second-order valence-corrected chi connectivity index (χ2v) is 5.67. The van der Waals surface area contributed by atoms with Gasteiger partial charge in [0, 0.05) is 39.3 Å². The summed E-state index contributed by atoms with van der Waals surface area (Å²) in [5.41, 5.74) is 7.04. The molecule has 0 aliphatic carbocycles. The minimum atomic E-state index is -1.82. The first-order valence-electron chi connectivity index (χ1n) is 8.18. The van der Waals surface area contributed by atoms with Crippen LogP contribution in [0, 0.1) is 0 Å². The Morgan fingerprint density at radius 3 is 1.88 bits per heavy atom. The molecule has 1 saturated heterocycles. The minimum absolute atomic E-state index is 0.786. The molecule has 0 spiro atoms. The molecule has 7 nitrogen and oxygen atoms in total. The van der Waals surface area contributed by atoms with E-state index in [1.807, 2.05) is 0 Å². The van der Waals surface area contributed by atoms with Crippen molar-refractivity contribution in [2.24, 2.45) is 5.73 Å². The number of nitrogens with two attached hydrogens (primary N) is 1. The zero-order chi connectivity index (χ0) is 17.8. The predicted octanol–water partition coefficient (Wildman–Crippen LogP) is 0.351. The summed E-state index contributed by atoms with van der Waals surface area (Å²) in [5.74, 6) is -3.65. The van der Waals surface area contributed by atoms with Crippen LogP contribution in [0.25, 0.3) is 0 Å². The number of hydrogen-bond acceptors (Lipinski definition) is 5. The first kappa shape index (κ1) is 20.1. The summed E-state index contributed by atoms with van der Waals surface area (Å²) in [4.78, 5) is 23.2. The molecule has 0 bridgehead atoms. The lowest BCUT2D eigenvalue weighted by molar-refractivity contribution is -0.159. The SMILES string of the molecule is NCCN1CCN(CCCc2ccccc2)CC1.O=C(O)C(=O)O. The fourth-order valence-corrected chi connectivity index (χ4v) is 2.57. The maximum atomic E-state index is 9.10. The Kier molecular flexibility index (Phi) is 9.67. The number of benzene rings is 1. The van der Waals surface area contributed by atoms with Gasteiger partial charge >= 0.3 is 11.9 Å². The van der Waals surface area contributed by atoms with E-state index >= 15 is 0 Å². The van der Waals surface area contributed by atoms with Crippen LogP contribution in [-0.2, 0) is 16.0 Å². The van der Waals surface area contributed by atoms with Crippen molar-refractivity contribution in [2.75, 3.05) is 45.8 Å². The molecule has 7 heteroatoms. The molecule has 0 aromatic heterocycles. The van der Waals surface area contributed by atoms with E-state index in [1.165, 1.54) is 51.1 Å². The van der Waals surface area contributed by atoms with Crippen molar-refractivity contribution < 1.29 is 19.8 Å². The van der Waals surface area contributed by atoms with Gasteiger partial charge in [0.05, 0.1) is 0 Å². The zero-order valence-corrected chi connectivity index (χ0v) is 13.9. The fraction of sp³-hybridized carbons (Fsp3) is 0.529. The molecule has 1 heterocycles. The average molecular weight is 337 g/mol. The first-order chi connectivity index (χ1) is 11.5. The largest absolute Gasteiger partial charge is 0.473 e. The Hall–Kier alpha value is -1.96. The molecule has 0 saturated carbocycles. The Bertz CT molecular complexity index is 476. The standard InChI is InChI=1S/C15H25N3.C2H2O4/c16-8-10-18-13-11-17(12-14-18)9-4-7-15-5-2-1-3-6-15;3-1(4)2(5)6/h1-3,5-6H,4,7-14,16H2;(H,3,4)(H,5,6). The highest BCUT2D eigenvalue weighted by atomic mass is 16.4. The molecular weight excluding hydrogens is 310 g/mol. The number of aryl methyl sites for hydroxylation is 1. The number of rotatable bonds is 6. The third kappa shape index (κ3) is 8.61. The maximum absolute atomic E-state index is 9.10. The van der Waals surface area contributed by atoms with Crippen molar-refractivity contribution >= 4 is 11.9 Å². The van der Waals surface area contributed by atoms with E-state index in [9.17, 15) is 0 Å². The molecule has 1 aliphatic heterocycles. The normalized spacial score (nSPS) is 15.4. The van der Waals surface area contributed by atoms with Crippen LogP contribution in [0.4, 0.5) is 0 Å². The van der Waals surface area contributed by atoms with E-state index < -0.39 is 11.9 Å². The van der Waals surface area contributed by atoms with Crippen molar-refractivity contribution in [3.05, 3.63) is 35.9 Å². The molecule has 1 aliphatic rings. The van der Waals surface area contributed by atoms with E-state index in [4.69, 9.17) is 25.5 Å². The van der Waals surface area contributed by atoms with E-state index in [0.717, 1.165) is 13.1 Å². The van der Waals surface area contributed by atoms with Gasteiger partial charge in [0.25, 0.3) is 0 Å². The fourth-order valence-electron chi connectivity index (χ4n) is 2.57. The van der Waals surface area contributed by atoms with Gasteiger partial charge < -0.3 is 20.8 Å². The van der Waals surface area contributed by atoms with E-state index in [2.05, 4.69) is 40.1 Å². The van der Waals surface area contributed by atoms with Crippen LogP contribution >= 0.6 is 0 Å². The van der Waals surface area contributed by atoms with Gasteiger partial charge in [-0.05, 0) is 24.9 Å². The van der Waals surface area contributed by atoms with Gasteiger partial charge in [-0.3, -0.25) is 4.90 Å². The summed E-state index contributed by atoms with van der Waals surface area (Å²) in [6.45, 7) is 7.84. The summed E-state index contributed by atoms with van der Waals surface area (Å²) in [6, 6.07) is 10.8. The van der Waals surface area contributed by atoms with Gasteiger partial charge in [-0.2, -0.15) is 0 Å². The highest BCUT2D eigenvalue weighted by Crippen LogP contribution is 2.06. The lowest BCUT2D eigenvalue weighted by atomic mass is 10.1. The molecule has 24 heavy (non-hydrogen) atoms. The third-order valence-corrected chi connectivity index (χ3v) is 3.88. The van der Waals surface area contributed by atoms with Gasteiger partial charge in [0.1, 0.15) is 0 Å². The maximum Gasteiger partial charge on any atom is 0.414 e. The topological polar surface area (TPSA) is 107 Å². The smallest absolute Gasteiger partial charge is 0.414 e. The Balaban J connectivity index is 0.000000413. The minimum Gasteiger partial charge on any atom is -0.473 e. The quantitative estimate of drug-likeness (QED) is 0.643. The lowest BCUT2D eigenvalue weighted by Gasteiger charge is -2.34. The number of piperazine rings is 1. The number of carboxylic acid groups (broad SMARTS) is 2. The Labute approximate surface area is 142 Å². The van der Waals surface area contributed by atoms with Crippen LogP contribution in [0.3, 0.4) is 0 Å². The van der Waals surface area contributed by atoms with Gasteiger partial charge in [-0.15, -0.1) is 0 Å². The molecule has 1 fully saturated rings. The first-order valence-corrected chi connectivity index (χ1v) is 8.18. The van der Waals surface area contributed by atoms with Crippen molar-refractivity contribution in [1.29, 1.82) is 0 Å². The van der Waals surface area contributed by atoms with Crippen LogP contribution in [0.2, 0.25) is 0 Å². The summed E-state index contributed by atoms with van der Waals surface area (Å²) in [5, 5.41) is 14.8. The molecular formula is C17H27N3O4. The summed E-state index contributed by atoms with van der Waals surface area (Å²) >= 11 is 0. The Morgan fingerprint density at radius 2 is 1.42 bits per heavy atom. The van der Waals surface area contributed by atoms with Crippen molar-refractivity contribution in [3.63, 3.8) is 0 Å². The van der Waals surface area contributed by atoms with E-state index in [0.29, 0.717) is 0 Å². The van der Waals surface area contributed by atoms with Crippen molar-refractivity contribution in [3.8, 4) is 0 Å². The van der Waals surface area contributed by atoms with E-state index in [-0.39, 0.29) is 0 Å². The number of carboxylic acids is 2. The van der Waals surface area contributed by atoms with Crippen LogP contribution in [0.15, 0.2) is 30.3 Å². The van der Waals surface area contributed by atoms with Crippen LogP contribution in [-0.4, -0.2) is 77.8 Å². The molecule has 4 N–H and O–H groups in total. The van der Waals surface area contributed by atoms with Gasteiger partial charge in [0.2, 0.25) is 0 Å². The molecule has 0 amide bonds. The summed E-state index contributed by atoms with van der Waals surface area (Å²) in [6.07, 6.45) is 2.46. The molecule has 1 aromatic rings. The van der Waals surface area contributed by atoms with Gasteiger partial charge in [0.15, 0.2) is 0 Å². The number of hydrogen-bond donors (Lipinski definition) is 3. The van der Waals surface area contributed by atoms with Crippen LogP contribution < -0.4 is 5.73 Å². The molecule has 0 unspecified atom stereocenters. The van der Waals surface area contributed by atoms with Crippen LogP contribution in [0.1, 0.15) is 12.0 Å². The lowest BCUT2D eigenvalue weighted by Crippen LogP contribution is -2.47. The third-order valence-electron chi connectivity index (χ3n) is 3.88. The van der Waals surface area contributed by atoms with E-state index in [1.54, 1.807) is 0 Å². The molecule has 1 aromatic carbocycles. The second-order valence-electron chi connectivity index (χ2n) is 5.67. The molecule has 134 valence electrons. The highest BCUT2D eigenvalue weighted by molar-refractivity contribution is 6.27. The highest BCUT2D eigenvalue weighted by Gasteiger charge is 2.15. The molecule has 2 rings (SSSR count). The number of nitrogens with zero attached hydrogens (tertiary/aromatic N) is 2. The zero-order valence-electron chi connectivity index (χ0n) is 13.9. The van der Waals surface area contributed by atoms with Gasteiger partial charge in [-0.25, -0.2) is 9.59 Å². The molecule has 0 atom stereocenters. The predicted molar refractivity (Wildman–Crippen MR) is 92.0 cm³/mol.